The Kier molecular flexibility index (Phi) is 21.7. The lowest BCUT2D eigenvalue weighted by molar-refractivity contribution is -0.138. The Bertz CT molecular complexity index is 1490. The molecule has 0 bridgehead atoms. The molecule has 0 unspecified atom stereocenters. The summed E-state index contributed by atoms with van der Waals surface area (Å²) >= 11 is 0. The summed E-state index contributed by atoms with van der Waals surface area (Å²) in [6, 6.07) is 8.04. The zero-order valence-electron chi connectivity index (χ0n) is 32.5. The fraction of sp³-hybridized carbons (Fsp3) is 0.579. The number of hydrogen-bond acceptors (Lipinski definition) is 13. The van der Waals surface area contributed by atoms with Crippen molar-refractivity contribution < 1.29 is 57.3 Å². The minimum Gasteiger partial charge on any atom is -0.378 e. The molecule has 0 aromatic heterocycles. The highest BCUT2D eigenvalue weighted by Crippen LogP contribution is 2.08. The molecule has 1 aromatic carbocycles. The summed E-state index contributed by atoms with van der Waals surface area (Å²) in [5.74, 6) is -3.33. The molecule has 0 radical (unpaired) electrons. The highest BCUT2D eigenvalue weighted by Gasteiger charge is 2.24. The summed E-state index contributed by atoms with van der Waals surface area (Å²) in [4.78, 5) is 103. The van der Waals surface area contributed by atoms with Gasteiger partial charge in [0.2, 0.25) is 29.5 Å². The predicted molar refractivity (Wildman–Crippen MR) is 203 cm³/mol. The molecule has 2 aliphatic rings. The first kappa shape index (κ1) is 46.3. The smallest absolute Gasteiger partial charge is 0.253 e. The van der Waals surface area contributed by atoms with Crippen molar-refractivity contribution in [2.75, 3.05) is 112 Å². The monoisotopic (exact) mass is 801 g/mol. The molecule has 0 spiro atoms. The van der Waals surface area contributed by atoms with E-state index in [2.05, 4.69) is 21.3 Å². The van der Waals surface area contributed by atoms with E-state index in [-0.39, 0.29) is 115 Å². The second-order valence-electron chi connectivity index (χ2n) is 13.2. The molecule has 0 aliphatic carbocycles. The van der Waals surface area contributed by atoms with E-state index in [0.717, 1.165) is 10.5 Å². The Balaban J connectivity index is 1.36. The average Bonchev–Trinajstić information content (AvgIpc) is 3.51. The molecule has 1 aromatic rings. The summed E-state index contributed by atoms with van der Waals surface area (Å²) in [5.41, 5.74) is 0.790. The van der Waals surface area contributed by atoms with E-state index in [1.165, 1.54) is 19.1 Å². The fourth-order valence-corrected chi connectivity index (χ4v) is 5.53. The molecule has 1 fully saturated rings. The zero-order chi connectivity index (χ0) is 41.3. The van der Waals surface area contributed by atoms with Gasteiger partial charge in [0.1, 0.15) is 11.8 Å². The first-order valence-electron chi connectivity index (χ1n) is 19.0. The number of carbonyl (C=O) groups excluding carboxylic acids is 8. The minimum atomic E-state index is -0.978. The summed E-state index contributed by atoms with van der Waals surface area (Å²) < 4.78 is 22.7. The van der Waals surface area contributed by atoms with E-state index in [1.807, 2.05) is 11.0 Å². The van der Waals surface area contributed by atoms with Crippen molar-refractivity contribution >= 4 is 47.1 Å². The zero-order valence-corrected chi connectivity index (χ0v) is 32.5. The Hall–Kier alpha value is -5.08. The first-order valence-corrected chi connectivity index (χ1v) is 19.0. The molecule has 57 heavy (non-hydrogen) atoms. The van der Waals surface area contributed by atoms with Gasteiger partial charge < -0.3 is 45.1 Å². The van der Waals surface area contributed by atoms with Crippen LogP contribution in [0.5, 0.6) is 0 Å². The van der Waals surface area contributed by atoms with E-state index in [0.29, 0.717) is 32.6 Å². The van der Waals surface area contributed by atoms with Crippen LogP contribution in [0.25, 0.3) is 0 Å². The highest BCUT2D eigenvalue weighted by molar-refractivity contribution is 6.12. The van der Waals surface area contributed by atoms with Crippen molar-refractivity contribution in [3.05, 3.63) is 48.0 Å². The van der Waals surface area contributed by atoms with Crippen molar-refractivity contribution in [3.63, 3.8) is 0 Å². The second-order valence-corrected chi connectivity index (χ2v) is 13.2. The molecule has 2 aliphatic heterocycles. The molecule has 19 heteroatoms. The standard InChI is InChI=1S/C38H55N7O12/c1-29(46)25-41-38(53)31(24-30-6-3-2-4-7-30)42-33(48)27-39-32(47)26-40-34(49)28-43-12-16-54-20-22-56-18-14-44(15-19-57-23-21-55-17-13-43)35(50)8-5-11-45-36(51)9-10-37(45)52/h2-4,6-7,9-10,31H,5,8,11-28H2,1H3,(H,39,47)(H,40,49)(H,41,53)(H,42,48)/t31-/m0/s1. The number of benzene rings is 1. The van der Waals surface area contributed by atoms with E-state index >= 15 is 0 Å². The molecule has 4 N–H and O–H groups in total. The lowest BCUT2D eigenvalue weighted by Gasteiger charge is -2.24. The van der Waals surface area contributed by atoms with Gasteiger partial charge in [-0.3, -0.25) is 48.2 Å². The highest BCUT2D eigenvalue weighted by atomic mass is 16.5. The quantitative estimate of drug-likeness (QED) is 0.128. The predicted octanol–water partition coefficient (Wildman–Crippen LogP) is -2.43. The van der Waals surface area contributed by atoms with Gasteiger partial charge in [-0.2, -0.15) is 0 Å². The van der Waals surface area contributed by atoms with E-state index in [4.69, 9.17) is 18.9 Å². The lowest BCUT2D eigenvalue weighted by Crippen LogP contribution is -2.51. The molecule has 1 atom stereocenters. The summed E-state index contributed by atoms with van der Waals surface area (Å²) in [6.07, 6.45) is 3.11. The van der Waals surface area contributed by atoms with E-state index in [1.54, 1.807) is 29.2 Å². The van der Waals surface area contributed by atoms with E-state index in [9.17, 15) is 38.4 Å². The van der Waals surface area contributed by atoms with Crippen LogP contribution in [0.3, 0.4) is 0 Å². The number of rotatable bonds is 16. The van der Waals surface area contributed by atoms with Crippen molar-refractivity contribution in [2.24, 2.45) is 0 Å². The number of nitrogens with zero attached hydrogens (tertiary/aromatic N) is 3. The number of imide groups is 1. The molecule has 1 saturated heterocycles. The Morgan fingerprint density at radius 2 is 1.21 bits per heavy atom. The maximum atomic E-state index is 12.9. The van der Waals surface area contributed by atoms with Crippen molar-refractivity contribution in [3.8, 4) is 0 Å². The van der Waals surface area contributed by atoms with Crippen LogP contribution in [0.15, 0.2) is 42.5 Å². The summed E-state index contributed by atoms with van der Waals surface area (Å²) in [5, 5.41) is 10.1. The van der Waals surface area contributed by atoms with Crippen LogP contribution in [0.4, 0.5) is 0 Å². The first-order chi connectivity index (χ1) is 27.5. The molecule has 19 nitrogen and oxygen atoms in total. The number of amides is 7. The van der Waals surface area contributed by atoms with Gasteiger partial charge in [0.25, 0.3) is 11.8 Å². The van der Waals surface area contributed by atoms with Crippen LogP contribution >= 0.6 is 0 Å². The average molecular weight is 802 g/mol. The summed E-state index contributed by atoms with van der Waals surface area (Å²) in [7, 11) is 0. The molecule has 2 heterocycles. The Labute approximate surface area is 332 Å². The largest absolute Gasteiger partial charge is 0.378 e. The van der Waals surface area contributed by atoms with Crippen LogP contribution in [0, 0.1) is 0 Å². The third kappa shape index (κ3) is 19.6. The molecule has 314 valence electrons. The molecular weight excluding hydrogens is 746 g/mol. The minimum absolute atomic E-state index is 0.0462. The third-order valence-corrected chi connectivity index (χ3v) is 8.59. The van der Waals surface area contributed by atoms with Crippen LogP contribution in [0.1, 0.15) is 25.3 Å². The van der Waals surface area contributed by atoms with Gasteiger partial charge in [-0.05, 0) is 18.9 Å². The van der Waals surface area contributed by atoms with Gasteiger partial charge in [0.05, 0.1) is 79.0 Å². The van der Waals surface area contributed by atoms with Crippen molar-refractivity contribution in [2.45, 2.75) is 32.2 Å². The van der Waals surface area contributed by atoms with Crippen LogP contribution in [-0.2, 0) is 63.7 Å². The van der Waals surface area contributed by atoms with Crippen molar-refractivity contribution in [1.29, 1.82) is 0 Å². The van der Waals surface area contributed by atoms with Crippen LogP contribution in [-0.4, -0.2) is 180 Å². The fourth-order valence-electron chi connectivity index (χ4n) is 5.53. The van der Waals surface area contributed by atoms with Crippen molar-refractivity contribution in [1.82, 2.24) is 36.0 Å². The Morgan fingerprint density at radius 1 is 0.667 bits per heavy atom. The molecule has 3 rings (SSSR count). The second kappa shape index (κ2) is 26.7. The van der Waals surface area contributed by atoms with Gasteiger partial charge in [-0.1, -0.05) is 30.3 Å². The topological polar surface area (TPSA) is 231 Å². The number of carbonyl (C=O) groups is 8. The van der Waals surface area contributed by atoms with Gasteiger partial charge in [0.15, 0.2) is 0 Å². The molecule has 0 saturated carbocycles. The lowest BCUT2D eigenvalue weighted by atomic mass is 10.1. The van der Waals surface area contributed by atoms with Crippen LogP contribution in [0.2, 0.25) is 0 Å². The van der Waals surface area contributed by atoms with Crippen LogP contribution < -0.4 is 21.3 Å². The number of Topliss-reactive ketones (excluding diaryl/α,β-unsaturated/α-hetero) is 1. The Morgan fingerprint density at radius 3 is 1.79 bits per heavy atom. The van der Waals surface area contributed by atoms with Gasteiger partial charge in [-0.25, -0.2) is 0 Å². The maximum Gasteiger partial charge on any atom is 0.253 e. The number of ether oxygens (including phenoxy) is 4. The number of hydrogen-bond donors (Lipinski definition) is 4. The maximum absolute atomic E-state index is 12.9. The molecular formula is C38H55N7O12. The van der Waals surface area contributed by atoms with E-state index < -0.39 is 36.2 Å². The summed E-state index contributed by atoms with van der Waals surface area (Å²) in [6.45, 7) is 4.12. The normalized spacial score (nSPS) is 17.2. The van der Waals surface area contributed by atoms with Gasteiger partial charge >= 0.3 is 0 Å². The van der Waals surface area contributed by atoms with Gasteiger partial charge in [0, 0.05) is 57.7 Å². The third-order valence-electron chi connectivity index (χ3n) is 8.59. The molecule has 7 amide bonds. The number of ketones is 1. The van der Waals surface area contributed by atoms with Gasteiger partial charge in [-0.15, -0.1) is 0 Å². The number of nitrogens with one attached hydrogen (secondary N) is 4. The SMILES string of the molecule is CC(=O)CNC(=O)[C@H](Cc1ccccc1)NC(=O)CNC(=O)CNC(=O)CN1CCOCCOCCN(C(=O)CCCN2C(=O)C=CC2=O)CCOCCOCC1.